The summed E-state index contributed by atoms with van der Waals surface area (Å²) in [5.41, 5.74) is 7.14. The van der Waals surface area contributed by atoms with Crippen molar-refractivity contribution in [2.75, 3.05) is 0 Å². The molecule has 130 valence electrons. The molecule has 24 heavy (non-hydrogen) atoms. The Morgan fingerprint density at radius 3 is 2.96 bits per heavy atom. The normalized spacial score (nSPS) is 20.9. The van der Waals surface area contributed by atoms with Crippen molar-refractivity contribution in [2.45, 2.75) is 64.1 Å². The fourth-order valence-electron chi connectivity index (χ4n) is 3.00. The smallest absolute Gasteiger partial charge is 0.273 e. The number of carbonyl (C=O) groups is 1. The van der Waals surface area contributed by atoms with Crippen molar-refractivity contribution >= 4 is 5.91 Å². The maximum Gasteiger partial charge on any atom is 0.273 e. The Kier molecular flexibility index (Phi) is 5.24. The van der Waals surface area contributed by atoms with E-state index in [1.165, 1.54) is 0 Å². The van der Waals surface area contributed by atoms with Gasteiger partial charge in [0.2, 0.25) is 0 Å². The Morgan fingerprint density at radius 2 is 2.21 bits per heavy atom. The number of nitrogens with one attached hydrogen (secondary N) is 1. The highest BCUT2D eigenvalue weighted by Gasteiger charge is 2.22. The number of nitrogens with zero attached hydrogens (tertiary/aromatic N) is 4. The second kappa shape index (κ2) is 7.57. The zero-order valence-corrected chi connectivity index (χ0v) is 13.9. The van der Waals surface area contributed by atoms with Crippen molar-refractivity contribution in [3.63, 3.8) is 0 Å². The molecule has 2 aromatic heterocycles. The monoisotopic (exact) mass is 332 g/mol. The summed E-state index contributed by atoms with van der Waals surface area (Å²) in [5.74, 6) is 0.377. The Labute approximate surface area is 140 Å². The summed E-state index contributed by atoms with van der Waals surface area (Å²) in [6, 6.07) is 2.43. The Morgan fingerprint density at radius 1 is 1.42 bits per heavy atom. The first-order valence-corrected chi connectivity index (χ1v) is 8.55. The standard InChI is InChI=1S/C16H24N6O2/c1-2-3-12-8-14(24-20-12)9-18-16(23)15-10-22(21-19-15)13-6-4-11(17)5-7-13/h8,10-11,13H,2-7,9,17H2,1H3,(H,18,23). The van der Waals surface area contributed by atoms with Crippen LogP contribution in [0.2, 0.25) is 0 Å². The van der Waals surface area contributed by atoms with Crippen LogP contribution in [0, 0.1) is 0 Å². The second-order valence-corrected chi connectivity index (χ2v) is 6.37. The molecule has 0 saturated heterocycles. The van der Waals surface area contributed by atoms with Crippen molar-refractivity contribution in [3.8, 4) is 0 Å². The highest BCUT2D eigenvalue weighted by molar-refractivity contribution is 5.91. The molecular formula is C16H24N6O2. The van der Waals surface area contributed by atoms with Gasteiger partial charge in [0.25, 0.3) is 5.91 Å². The molecule has 0 unspecified atom stereocenters. The van der Waals surface area contributed by atoms with Crippen LogP contribution < -0.4 is 11.1 Å². The topological polar surface area (TPSA) is 112 Å². The van der Waals surface area contributed by atoms with Crippen molar-refractivity contribution in [3.05, 3.63) is 29.4 Å². The number of aryl methyl sites for hydroxylation is 1. The molecule has 0 bridgehead atoms. The molecule has 1 aliphatic rings. The average molecular weight is 332 g/mol. The molecule has 8 nitrogen and oxygen atoms in total. The van der Waals surface area contributed by atoms with Gasteiger partial charge >= 0.3 is 0 Å². The SMILES string of the molecule is CCCc1cc(CNC(=O)c2cn(C3CCC(N)CC3)nn2)on1. The summed E-state index contributed by atoms with van der Waals surface area (Å²) in [5, 5.41) is 14.8. The van der Waals surface area contributed by atoms with Crippen LogP contribution in [0.5, 0.6) is 0 Å². The first-order valence-electron chi connectivity index (χ1n) is 8.55. The first-order chi connectivity index (χ1) is 11.7. The van der Waals surface area contributed by atoms with E-state index in [-0.39, 0.29) is 18.0 Å². The summed E-state index contributed by atoms with van der Waals surface area (Å²) >= 11 is 0. The number of nitrogens with two attached hydrogens (primary N) is 1. The lowest BCUT2D eigenvalue weighted by atomic mass is 9.92. The lowest BCUT2D eigenvalue weighted by Crippen LogP contribution is -2.28. The lowest BCUT2D eigenvalue weighted by molar-refractivity contribution is 0.0942. The van der Waals surface area contributed by atoms with Gasteiger partial charge in [-0.05, 0) is 32.1 Å². The minimum atomic E-state index is -0.262. The largest absolute Gasteiger partial charge is 0.359 e. The Hall–Kier alpha value is -2.22. The average Bonchev–Trinajstić information content (AvgIpc) is 3.23. The summed E-state index contributed by atoms with van der Waals surface area (Å²) in [4.78, 5) is 12.2. The van der Waals surface area contributed by atoms with E-state index in [0.717, 1.165) is 44.2 Å². The van der Waals surface area contributed by atoms with Gasteiger partial charge in [0.05, 0.1) is 24.5 Å². The van der Waals surface area contributed by atoms with Gasteiger partial charge in [-0.1, -0.05) is 23.7 Å². The Balaban J connectivity index is 1.53. The summed E-state index contributed by atoms with van der Waals surface area (Å²) in [6.07, 6.45) is 7.51. The van der Waals surface area contributed by atoms with Crippen LogP contribution in [0.25, 0.3) is 0 Å². The third-order valence-corrected chi connectivity index (χ3v) is 4.40. The Bertz CT molecular complexity index is 672. The van der Waals surface area contributed by atoms with E-state index >= 15 is 0 Å². The van der Waals surface area contributed by atoms with Crippen LogP contribution in [0.4, 0.5) is 0 Å². The minimum Gasteiger partial charge on any atom is -0.359 e. The van der Waals surface area contributed by atoms with Gasteiger partial charge in [-0.2, -0.15) is 0 Å². The highest BCUT2D eigenvalue weighted by Crippen LogP contribution is 2.26. The number of rotatable bonds is 6. The van der Waals surface area contributed by atoms with E-state index in [4.69, 9.17) is 10.3 Å². The molecule has 0 atom stereocenters. The highest BCUT2D eigenvalue weighted by atomic mass is 16.5. The molecule has 0 spiro atoms. The molecule has 3 N–H and O–H groups in total. The molecule has 1 aliphatic carbocycles. The van der Waals surface area contributed by atoms with Crippen LogP contribution in [0.15, 0.2) is 16.8 Å². The van der Waals surface area contributed by atoms with Crippen LogP contribution in [-0.2, 0) is 13.0 Å². The van der Waals surface area contributed by atoms with Gasteiger partial charge < -0.3 is 15.6 Å². The first kappa shape index (κ1) is 16.6. The van der Waals surface area contributed by atoms with E-state index in [9.17, 15) is 4.79 Å². The minimum absolute atomic E-state index is 0.262. The molecule has 1 fully saturated rings. The third-order valence-electron chi connectivity index (χ3n) is 4.40. The van der Waals surface area contributed by atoms with Crippen molar-refractivity contribution < 1.29 is 9.32 Å². The molecule has 3 rings (SSSR count). The molecule has 1 amide bonds. The van der Waals surface area contributed by atoms with Crippen LogP contribution in [-0.4, -0.2) is 32.1 Å². The van der Waals surface area contributed by atoms with E-state index in [1.807, 2.05) is 6.07 Å². The molecule has 0 aromatic carbocycles. The van der Waals surface area contributed by atoms with E-state index in [2.05, 4.69) is 27.7 Å². The fourth-order valence-corrected chi connectivity index (χ4v) is 3.00. The van der Waals surface area contributed by atoms with Gasteiger partial charge in [0.15, 0.2) is 11.5 Å². The zero-order chi connectivity index (χ0) is 16.9. The number of amides is 1. The van der Waals surface area contributed by atoms with Crippen molar-refractivity contribution in [2.24, 2.45) is 5.73 Å². The molecule has 0 aliphatic heterocycles. The van der Waals surface area contributed by atoms with E-state index in [0.29, 0.717) is 18.0 Å². The van der Waals surface area contributed by atoms with Gasteiger partial charge in [0, 0.05) is 12.1 Å². The molecule has 2 aromatic rings. The van der Waals surface area contributed by atoms with Crippen LogP contribution in [0.1, 0.15) is 67.0 Å². The maximum absolute atomic E-state index is 12.2. The van der Waals surface area contributed by atoms with Crippen molar-refractivity contribution in [1.29, 1.82) is 0 Å². The lowest BCUT2D eigenvalue weighted by Gasteiger charge is -2.25. The second-order valence-electron chi connectivity index (χ2n) is 6.37. The maximum atomic E-state index is 12.2. The molecule has 8 heteroatoms. The van der Waals surface area contributed by atoms with Crippen LogP contribution in [0.3, 0.4) is 0 Å². The van der Waals surface area contributed by atoms with Gasteiger partial charge in [-0.15, -0.1) is 5.10 Å². The number of carbonyl (C=O) groups excluding carboxylic acids is 1. The summed E-state index contributed by atoms with van der Waals surface area (Å²) in [6.45, 7) is 2.38. The molecule has 0 radical (unpaired) electrons. The molecule has 1 saturated carbocycles. The molecule has 2 heterocycles. The number of aromatic nitrogens is 4. The fraction of sp³-hybridized carbons (Fsp3) is 0.625. The van der Waals surface area contributed by atoms with E-state index in [1.54, 1.807) is 10.9 Å². The third kappa shape index (κ3) is 4.00. The van der Waals surface area contributed by atoms with Gasteiger partial charge in [0.1, 0.15) is 0 Å². The predicted octanol–water partition coefficient (Wildman–Crippen LogP) is 1.59. The number of hydrogen-bond acceptors (Lipinski definition) is 6. The number of hydrogen-bond donors (Lipinski definition) is 2. The van der Waals surface area contributed by atoms with Crippen molar-refractivity contribution in [1.82, 2.24) is 25.5 Å². The zero-order valence-electron chi connectivity index (χ0n) is 13.9. The summed E-state index contributed by atoms with van der Waals surface area (Å²) in [7, 11) is 0. The van der Waals surface area contributed by atoms with Gasteiger partial charge in [-0.3, -0.25) is 4.79 Å². The van der Waals surface area contributed by atoms with Crippen LogP contribution >= 0.6 is 0 Å². The quantitative estimate of drug-likeness (QED) is 0.831. The van der Waals surface area contributed by atoms with E-state index < -0.39 is 0 Å². The summed E-state index contributed by atoms with van der Waals surface area (Å²) < 4.78 is 6.98. The molecular weight excluding hydrogens is 308 g/mol. The van der Waals surface area contributed by atoms with Gasteiger partial charge in [-0.25, -0.2) is 4.68 Å². The predicted molar refractivity (Wildman–Crippen MR) is 87.2 cm³/mol.